The van der Waals surface area contributed by atoms with Crippen LogP contribution in [0.2, 0.25) is 0 Å². The summed E-state index contributed by atoms with van der Waals surface area (Å²) in [5.41, 5.74) is 1.84. The topological polar surface area (TPSA) is 0 Å². The molecule has 0 aromatic rings. The van der Waals surface area contributed by atoms with E-state index in [0.717, 1.165) is 23.7 Å². The lowest BCUT2D eigenvalue weighted by Gasteiger charge is -2.67. The molecule has 29 heavy (non-hydrogen) atoms. The van der Waals surface area contributed by atoms with Crippen LogP contribution in [0.5, 0.6) is 0 Å². The zero-order valence-electron chi connectivity index (χ0n) is 20.5. The standard InChI is InChI=1S/C29H52/c1-5-6-16-25-26(27(2)18-11-7-12-19-27)22-23-15-9-10-17-24(23)29(25,4)28(3)20-13-8-14-21-28/h23-26H,5-22H2,1-4H3. The second-order valence-corrected chi connectivity index (χ2v) is 12.9. The summed E-state index contributed by atoms with van der Waals surface area (Å²) in [6.07, 6.45) is 27.3. The van der Waals surface area contributed by atoms with Crippen molar-refractivity contribution in [1.29, 1.82) is 0 Å². The van der Waals surface area contributed by atoms with Crippen LogP contribution in [-0.2, 0) is 0 Å². The lowest BCUT2D eigenvalue weighted by atomic mass is 9.38. The molecular weight excluding hydrogens is 348 g/mol. The third-order valence-electron chi connectivity index (χ3n) is 11.5. The molecule has 0 heterocycles. The number of unbranched alkanes of at least 4 members (excludes halogenated alkanes) is 1. The molecule has 4 fully saturated rings. The first-order chi connectivity index (χ1) is 13.9. The minimum Gasteiger partial charge on any atom is -0.0654 e. The van der Waals surface area contributed by atoms with Crippen LogP contribution in [0.4, 0.5) is 0 Å². The van der Waals surface area contributed by atoms with Crippen molar-refractivity contribution >= 4 is 0 Å². The van der Waals surface area contributed by atoms with Gasteiger partial charge in [0.25, 0.3) is 0 Å². The predicted octanol–water partition coefficient (Wildman–Crippen LogP) is 9.57. The zero-order chi connectivity index (χ0) is 20.5. The molecule has 0 heteroatoms. The molecule has 168 valence electrons. The van der Waals surface area contributed by atoms with Gasteiger partial charge in [0.2, 0.25) is 0 Å². The van der Waals surface area contributed by atoms with Crippen molar-refractivity contribution in [2.75, 3.05) is 0 Å². The van der Waals surface area contributed by atoms with Crippen LogP contribution < -0.4 is 0 Å². The minimum absolute atomic E-state index is 0.594. The van der Waals surface area contributed by atoms with E-state index in [4.69, 9.17) is 0 Å². The zero-order valence-corrected chi connectivity index (χ0v) is 20.5. The highest BCUT2D eigenvalue weighted by Gasteiger charge is 2.61. The van der Waals surface area contributed by atoms with Gasteiger partial charge in [-0.1, -0.05) is 98.3 Å². The molecule has 0 saturated heterocycles. The number of rotatable bonds is 5. The van der Waals surface area contributed by atoms with Gasteiger partial charge in [-0.15, -0.1) is 0 Å². The number of hydrogen-bond acceptors (Lipinski definition) is 0. The van der Waals surface area contributed by atoms with E-state index >= 15 is 0 Å². The van der Waals surface area contributed by atoms with E-state index in [1.807, 2.05) is 0 Å². The second-order valence-electron chi connectivity index (χ2n) is 12.9. The third kappa shape index (κ3) is 3.86. The maximum Gasteiger partial charge on any atom is -0.0210 e. The van der Waals surface area contributed by atoms with Gasteiger partial charge in [0.15, 0.2) is 0 Å². The maximum atomic E-state index is 2.87. The van der Waals surface area contributed by atoms with E-state index in [0.29, 0.717) is 16.2 Å². The third-order valence-corrected chi connectivity index (χ3v) is 11.5. The second kappa shape index (κ2) is 8.86. The summed E-state index contributed by atoms with van der Waals surface area (Å²) in [4.78, 5) is 0. The molecule has 0 bridgehead atoms. The molecule has 5 unspecified atom stereocenters. The number of fused-ring (bicyclic) bond motifs is 1. The average molecular weight is 401 g/mol. The van der Waals surface area contributed by atoms with Crippen molar-refractivity contribution in [1.82, 2.24) is 0 Å². The van der Waals surface area contributed by atoms with Crippen LogP contribution in [0.25, 0.3) is 0 Å². The fourth-order valence-corrected chi connectivity index (χ4v) is 9.65. The van der Waals surface area contributed by atoms with Gasteiger partial charge in [0.1, 0.15) is 0 Å². The van der Waals surface area contributed by atoms with E-state index in [2.05, 4.69) is 27.7 Å². The molecule has 5 atom stereocenters. The molecule has 4 saturated carbocycles. The summed E-state index contributed by atoms with van der Waals surface area (Å²) in [7, 11) is 0. The van der Waals surface area contributed by atoms with Crippen molar-refractivity contribution in [3.05, 3.63) is 0 Å². The molecule has 0 aromatic carbocycles. The van der Waals surface area contributed by atoms with Crippen molar-refractivity contribution in [2.45, 2.75) is 143 Å². The first-order valence-corrected chi connectivity index (χ1v) is 13.9. The van der Waals surface area contributed by atoms with Gasteiger partial charge in [-0.05, 0) is 84.9 Å². The first-order valence-electron chi connectivity index (χ1n) is 13.9. The lowest BCUT2D eigenvalue weighted by molar-refractivity contribution is -0.180. The summed E-state index contributed by atoms with van der Waals surface area (Å²) in [5.74, 6) is 4.09. The minimum atomic E-state index is 0.594. The molecule has 0 nitrogen and oxygen atoms in total. The van der Waals surface area contributed by atoms with Crippen LogP contribution in [0, 0.1) is 39.9 Å². The molecule has 4 rings (SSSR count). The fourth-order valence-electron chi connectivity index (χ4n) is 9.65. The maximum absolute atomic E-state index is 2.87. The monoisotopic (exact) mass is 400 g/mol. The summed E-state index contributed by atoms with van der Waals surface area (Å²) < 4.78 is 0. The summed E-state index contributed by atoms with van der Waals surface area (Å²) in [5, 5.41) is 0. The first kappa shape index (κ1) is 22.2. The normalized spacial score (nSPS) is 42.2. The molecule has 0 aliphatic heterocycles. The SMILES string of the molecule is CCCCC1C(C2(C)CCCCC2)CC2CCCCC2C1(C)C1(C)CCCCC1. The fraction of sp³-hybridized carbons (Fsp3) is 1.00. The van der Waals surface area contributed by atoms with Gasteiger partial charge >= 0.3 is 0 Å². The molecule has 4 aliphatic rings. The quantitative estimate of drug-likeness (QED) is 0.431. The van der Waals surface area contributed by atoms with Crippen molar-refractivity contribution in [2.24, 2.45) is 39.9 Å². The Morgan fingerprint density at radius 3 is 1.97 bits per heavy atom. The van der Waals surface area contributed by atoms with Crippen LogP contribution in [0.3, 0.4) is 0 Å². The van der Waals surface area contributed by atoms with Gasteiger partial charge in [0.05, 0.1) is 0 Å². The molecule has 4 aliphatic carbocycles. The summed E-state index contributed by atoms with van der Waals surface area (Å²) in [6.45, 7) is 10.8. The Kier molecular flexibility index (Phi) is 6.78. The van der Waals surface area contributed by atoms with E-state index in [1.165, 1.54) is 96.3 Å². The Labute approximate surface area is 183 Å². The van der Waals surface area contributed by atoms with Crippen molar-refractivity contribution < 1.29 is 0 Å². The molecule has 0 radical (unpaired) electrons. The molecule has 0 amide bonds. The van der Waals surface area contributed by atoms with E-state index in [9.17, 15) is 0 Å². The van der Waals surface area contributed by atoms with Gasteiger partial charge < -0.3 is 0 Å². The smallest absolute Gasteiger partial charge is 0.0210 e. The van der Waals surface area contributed by atoms with Crippen LogP contribution in [0.15, 0.2) is 0 Å². The van der Waals surface area contributed by atoms with E-state index < -0.39 is 0 Å². The Hall–Kier alpha value is 0. The largest absolute Gasteiger partial charge is 0.0654 e. The van der Waals surface area contributed by atoms with Gasteiger partial charge in [-0.25, -0.2) is 0 Å². The van der Waals surface area contributed by atoms with E-state index in [-0.39, 0.29) is 0 Å². The van der Waals surface area contributed by atoms with Crippen molar-refractivity contribution in [3.63, 3.8) is 0 Å². The highest BCUT2D eigenvalue weighted by molar-refractivity contribution is 5.10. The van der Waals surface area contributed by atoms with Crippen molar-refractivity contribution in [3.8, 4) is 0 Å². The Bertz CT molecular complexity index is 520. The van der Waals surface area contributed by atoms with Gasteiger partial charge in [0, 0.05) is 0 Å². The summed E-state index contributed by atoms with van der Waals surface area (Å²) in [6, 6.07) is 0. The lowest BCUT2D eigenvalue weighted by Crippen LogP contribution is -2.59. The Morgan fingerprint density at radius 2 is 1.31 bits per heavy atom. The predicted molar refractivity (Wildman–Crippen MR) is 127 cm³/mol. The molecule has 0 spiro atoms. The highest BCUT2D eigenvalue weighted by Crippen LogP contribution is 2.69. The van der Waals surface area contributed by atoms with Gasteiger partial charge in [-0.3, -0.25) is 0 Å². The summed E-state index contributed by atoms with van der Waals surface area (Å²) >= 11 is 0. The van der Waals surface area contributed by atoms with Crippen LogP contribution in [0.1, 0.15) is 143 Å². The number of hydrogen-bond donors (Lipinski definition) is 0. The molecular formula is C29H52. The highest BCUT2D eigenvalue weighted by atomic mass is 14.7. The average Bonchev–Trinajstić information content (AvgIpc) is 2.74. The molecule has 0 aromatic heterocycles. The van der Waals surface area contributed by atoms with Crippen LogP contribution >= 0.6 is 0 Å². The Morgan fingerprint density at radius 1 is 0.690 bits per heavy atom. The molecule has 0 N–H and O–H groups in total. The van der Waals surface area contributed by atoms with E-state index in [1.54, 1.807) is 19.3 Å². The Balaban J connectivity index is 1.76. The van der Waals surface area contributed by atoms with Gasteiger partial charge in [-0.2, -0.15) is 0 Å². The van der Waals surface area contributed by atoms with Crippen LogP contribution in [-0.4, -0.2) is 0 Å².